The van der Waals surface area contributed by atoms with Crippen LogP contribution in [0.5, 0.6) is 5.75 Å². The van der Waals surface area contributed by atoms with Crippen LogP contribution in [0.4, 0.5) is 0 Å². The molecule has 0 amide bonds. The van der Waals surface area contributed by atoms with Gasteiger partial charge in [-0.15, -0.1) is 0 Å². The van der Waals surface area contributed by atoms with Gasteiger partial charge in [0, 0.05) is 12.6 Å². The maximum atomic E-state index is 11.3. The van der Waals surface area contributed by atoms with Gasteiger partial charge in [0.05, 0.1) is 32.2 Å². The van der Waals surface area contributed by atoms with Gasteiger partial charge >= 0.3 is 23.9 Å². The van der Waals surface area contributed by atoms with Crippen molar-refractivity contribution < 1.29 is 44.3 Å². The second kappa shape index (κ2) is 12.4. The van der Waals surface area contributed by atoms with Crippen molar-refractivity contribution in [2.24, 2.45) is 5.73 Å². The van der Waals surface area contributed by atoms with E-state index in [0.29, 0.717) is 5.75 Å². The Morgan fingerprint density at radius 2 is 1.17 bits per heavy atom. The molecule has 0 saturated carbocycles. The predicted octanol–water partition coefficient (Wildman–Crippen LogP) is -1.30. The molecule has 0 bridgehead atoms. The number of rotatable bonds is 15. The second-order valence-corrected chi connectivity index (χ2v) is 6.38. The molecule has 1 aromatic rings. The number of nitrogens with zero attached hydrogens (tertiary/aromatic N) is 2. The number of para-hydroxylation sites is 1. The number of benzene rings is 1. The van der Waals surface area contributed by atoms with E-state index in [4.69, 9.17) is 20.7 Å². The van der Waals surface area contributed by atoms with E-state index in [-0.39, 0.29) is 13.2 Å². The van der Waals surface area contributed by atoms with Crippen molar-refractivity contribution in [2.45, 2.75) is 12.1 Å². The summed E-state index contributed by atoms with van der Waals surface area (Å²) in [6.07, 6.45) is 0. The summed E-state index contributed by atoms with van der Waals surface area (Å²) in [5.74, 6) is -4.87. The Labute approximate surface area is 172 Å². The number of hydrogen-bond acceptors (Lipinski definition) is 8. The fourth-order valence-electron chi connectivity index (χ4n) is 2.98. The Kier molecular flexibility index (Phi) is 10.2. The van der Waals surface area contributed by atoms with Crippen LogP contribution in [0.3, 0.4) is 0 Å². The Bertz CT molecular complexity index is 697. The predicted molar refractivity (Wildman–Crippen MR) is 102 cm³/mol. The second-order valence-electron chi connectivity index (χ2n) is 6.38. The molecule has 166 valence electrons. The van der Waals surface area contributed by atoms with Gasteiger partial charge in [0.15, 0.2) is 0 Å². The molecule has 0 aliphatic carbocycles. The number of ether oxygens (including phenoxy) is 1. The van der Waals surface area contributed by atoms with E-state index in [9.17, 15) is 29.4 Å². The van der Waals surface area contributed by atoms with Gasteiger partial charge in [-0.3, -0.25) is 29.0 Å². The SMILES string of the molecule is NCC(C(COc1ccccc1)N(CC(=O)O)CC(=O)O)N(CC(=O)O)CC(=O)O. The normalized spacial score (nSPS) is 13.0. The molecule has 1 aromatic carbocycles. The summed E-state index contributed by atoms with van der Waals surface area (Å²) in [5, 5.41) is 36.7. The van der Waals surface area contributed by atoms with Crippen LogP contribution in [0, 0.1) is 0 Å². The Hall–Kier alpha value is -3.22. The van der Waals surface area contributed by atoms with Crippen molar-refractivity contribution in [1.29, 1.82) is 0 Å². The Balaban J connectivity index is 3.28. The molecule has 0 aliphatic heterocycles. The highest BCUT2D eigenvalue weighted by atomic mass is 16.5. The van der Waals surface area contributed by atoms with Crippen LogP contribution >= 0.6 is 0 Å². The van der Waals surface area contributed by atoms with Crippen molar-refractivity contribution in [3.05, 3.63) is 30.3 Å². The zero-order chi connectivity index (χ0) is 22.7. The molecule has 0 aliphatic rings. The minimum Gasteiger partial charge on any atom is -0.492 e. The molecule has 12 heteroatoms. The quantitative estimate of drug-likeness (QED) is 0.223. The third-order valence-corrected chi connectivity index (χ3v) is 4.14. The van der Waals surface area contributed by atoms with Crippen molar-refractivity contribution in [3.8, 4) is 5.75 Å². The molecule has 0 radical (unpaired) electrons. The van der Waals surface area contributed by atoms with E-state index in [1.165, 1.54) is 0 Å². The minimum absolute atomic E-state index is 0.248. The zero-order valence-electron chi connectivity index (χ0n) is 16.1. The summed E-state index contributed by atoms with van der Waals surface area (Å²) in [6.45, 7) is -3.28. The summed E-state index contributed by atoms with van der Waals surface area (Å²) in [4.78, 5) is 47.2. The van der Waals surface area contributed by atoms with Gasteiger partial charge in [-0.2, -0.15) is 0 Å². The molecule has 0 aromatic heterocycles. The molecular weight excluding hydrogens is 402 g/mol. The van der Waals surface area contributed by atoms with Crippen LogP contribution < -0.4 is 10.5 Å². The van der Waals surface area contributed by atoms with Gasteiger partial charge < -0.3 is 30.9 Å². The maximum absolute atomic E-state index is 11.3. The number of aliphatic carboxylic acids is 4. The van der Waals surface area contributed by atoms with E-state index in [1.54, 1.807) is 30.3 Å². The number of carbonyl (C=O) groups is 4. The van der Waals surface area contributed by atoms with Crippen LogP contribution in [-0.4, -0.2) is 106 Å². The summed E-state index contributed by atoms with van der Waals surface area (Å²) in [6, 6.07) is 6.34. The standard InChI is InChI=1S/C18H25N3O9/c19-6-13(20(7-15(22)23)8-16(24)25)14(11-30-12-4-2-1-3-5-12)21(9-17(26)27)10-18(28)29/h1-5,13-14H,6-11,19H2,(H,22,23)(H,24,25)(H,26,27)(H,28,29). The third-order valence-electron chi connectivity index (χ3n) is 4.14. The third kappa shape index (κ3) is 8.86. The largest absolute Gasteiger partial charge is 0.492 e. The topological polar surface area (TPSA) is 191 Å². The average Bonchev–Trinajstić information content (AvgIpc) is 2.63. The fourth-order valence-corrected chi connectivity index (χ4v) is 2.98. The molecule has 1 rings (SSSR count). The average molecular weight is 427 g/mol. The van der Waals surface area contributed by atoms with Crippen LogP contribution in [-0.2, 0) is 19.2 Å². The first-order valence-electron chi connectivity index (χ1n) is 8.87. The van der Waals surface area contributed by atoms with E-state index in [1.807, 2.05) is 0 Å². The lowest BCUT2D eigenvalue weighted by Crippen LogP contribution is -2.60. The zero-order valence-corrected chi connectivity index (χ0v) is 16.1. The van der Waals surface area contributed by atoms with Crippen molar-refractivity contribution >= 4 is 23.9 Å². The number of carboxylic acid groups (broad SMARTS) is 4. The number of carboxylic acids is 4. The monoisotopic (exact) mass is 427 g/mol. The number of nitrogens with two attached hydrogens (primary N) is 1. The molecule has 6 N–H and O–H groups in total. The van der Waals surface area contributed by atoms with Gasteiger partial charge in [0.1, 0.15) is 12.4 Å². The highest BCUT2D eigenvalue weighted by Crippen LogP contribution is 2.16. The van der Waals surface area contributed by atoms with Crippen LogP contribution in [0.25, 0.3) is 0 Å². The lowest BCUT2D eigenvalue weighted by molar-refractivity contribution is -0.148. The first-order valence-corrected chi connectivity index (χ1v) is 8.87. The summed E-state index contributed by atoms with van der Waals surface area (Å²) >= 11 is 0. The summed E-state index contributed by atoms with van der Waals surface area (Å²) in [7, 11) is 0. The fraction of sp³-hybridized carbons (Fsp3) is 0.444. The van der Waals surface area contributed by atoms with Gasteiger partial charge in [-0.25, -0.2) is 0 Å². The smallest absolute Gasteiger partial charge is 0.317 e. The first kappa shape index (κ1) is 24.8. The van der Waals surface area contributed by atoms with Gasteiger partial charge in [-0.05, 0) is 12.1 Å². The van der Waals surface area contributed by atoms with Crippen molar-refractivity contribution in [2.75, 3.05) is 39.3 Å². The molecule has 2 atom stereocenters. The lowest BCUT2D eigenvalue weighted by atomic mass is 10.0. The minimum atomic E-state index is -1.32. The Morgan fingerprint density at radius 1 is 0.767 bits per heavy atom. The molecule has 30 heavy (non-hydrogen) atoms. The van der Waals surface area contributed by atoms with Crippen LogP contribution in [0.15, 0.2) is 30.3 Å². The Morgan fingerprint density at radius 3 is 1.53 bits per heavy atom. The van der Waals surface area contributed by atoms with E-state index >= 15 is 0 Å². The van der Waals surface area contributed by atoms with Crippen LogP contribution in [0.2, 0.25) is 0 Å². The summed E-state index contributed by atoms with van der Waals surface area (Å²) < 4.78 is 5.65. The van der Waals surface area contributed by atoms with Crippen LogP contribution in [0.1, 0.15) is 0 Å². The van der Waals surface area contributed by atoms with Gasteiger partial charge in [0.2, 0.25) is 0 Å². The molecular formula is C18H25N3O9. The first-order chi connectivity index (χ1) is 14.1. The molecule has 0 heterocycles. The van der Waals surface area contributed by atoms with Crippen molar-refractivity contribution in [3.63, 3.8) is 0 Å². The molecule has 0 fully saturated rings. The van der Waals surface area contributed by atoms with E-state index in [2.05, 4.69) is 0 Å². The molecule has 2 unspecified atom stereocenters. The summed E-state index contributed by atoms with van der Waals surface area (Å²) in [5.41, 5.74) is 5.79. The molecule has 0 spiro atoms. The van der Waals surface area contributed by atoms with Crippen molar-refractivity contribution in [1.82, 2.24) is 9.80 Å². The van der Waals surface area contributed by atoms with E-state index in [0.717, 1.165) is 9.80 Å². The van der Waals surface area contributed by atoms with Gasteiger partial charge in [0.25, 0.3) is 0 Å². The van der Waals surface area contributed by atoms with E-state index < -0.39 is 62.1 Å². The van der Waals surface area contributed by atoms with Gasteiger partial charge in [-0.1, -0.05) is 18.2 Å². The highest BCUT2D eigenvalue weighted by molar-refractivity contribution is 5.73. The number of hydrogen-bond donors (Lipinski definition) is 5. The molecule has 0 saturated heterocycles. The lowest BCUT2D eigenvalue weighted by Gasteiger charge is -2.39. The molecule has 12 nitrogen and oxygen atoms in total. The highest BCUT2D eigenvalue weighted by Gasteiger charge is 2.35. The maximum Gasteiger partial charge on any atom is 0.317 e.